The van der Waals surface area contributed by atoms with Crippen molar-refractivity contribution in [3.8, 4) is 0 Å². The minimum absolute atomic E-state index is 0.134. The van der Waals surface area contributed by atoms with E-state index in [2.05, 4.69) is 34.6 Å². The topological polar surface area (TPSA) is 80.0 Å². The van der Waals surface area contributed by atoms with Gasteiger partial charge in [0.1, 0.15) is 5.76 Å². The molecule has 0 saturated carbocycles. The van der Waals surface area contributed by atoms with Crippen LogP contribution in [0.1, 0.15) is 56.4 Å². The van der Waals surface area contributed by atoms with E-state index in [4.69, 9.17) is 4.52 Å². The van der Waals surface area contributed by atoms with Gasteiger partial charge >= 0.3 is 6.03 Å². The molecular formula is C18H26N4O2. The van der Waals surface area contributed by atoms with Gasteiger partial charge in [0.05, 0.1) is 17.4 Å². The summed E-state index contributed by atoms with van der Waals surface area (Å²) in [7, 11) is 0. The summed E-state index contributed by atoms with van der Waals surface area (Å²) in [6.07, 6.45) is 3.28. The molecule has 2 rings (SSSR count). The van der Waals surface area contributed by atoms with E-state index in [9.17, 15) is 4.79 Å². The van der Waals surface area contributed by atoms with Gasteiger partial charge in [-0.15, -0.1) is 0 Å². The molecule has 0 spiro atoms. The van der Waals surface area contributed by atoms with Crippen LogP contribution >= 0.6 is 0 Å². The van der Waals surface area contributed by atoms with Gasteiger partial charge in [-0.1, -0.05) is 38.9 Å². The first kappa shape index (κ1) is 18.0. The lowest BCUT2D eigenvalue weighted by atomic mass is 10.0. The first-order valence-electron chi connectivity index (χ1n) is 8.48. The van der Waals surface area contributed by atoms with Gasteiger partial charge in [-0.3, -0.25) is 4.98 Å². The average Bonchev–Trinajstić information content (AvgIpc) is 3.00. The second-order valence-corrected chi connectivity index (χ2v) is 6.04. The second kappa shape index (κ2) is 8.47. The fourth-order valence-electron chi connectivity index (χ4n) is 2.64. The number of rotatable bonds is 7. The molecule has 0 aliphatic rings. The van der Waals surface area contributed by atoms with E-state index < -0.39 is 0 Å². The maximum atomic E-state index is 12.3. The maximum Gasteiger partial charge on any atom is 0.315 e. The Morgan fingerprint density at radius 3 is 2.62 bits per heavy atom. The molecule has 24 heavy (non-hydrogen) atoms. The first-order chi connectivity index (χ1) is 11.6. The summed E-state index contributed by atoms with van der Waals surface area (Å²) < 4.78 is 5.33. The van der Waals surface area contributed by atoms with Crippen LogP contribution in [0.3, 0.4) is 0 Å². The summed E-state index contributed by atoms with van der Waals surface area (Å²) in [5.41, 5.74) is 2.74. The summed E-state index contributed by atoms with van der Waals surface area (Å²) in [4.78, 5) is 16.7. The third-order valence-electron chi connectivity index (χ3n) is 3.99. The predicted molar refractivity (Wildman–Crippen MR) is 92.4 cm³/mol. The van der Waals surface area contributed by atoms with Crippen LogP contribution in [0.4, 0.5) is 4.79 Å². The van der Waals surface area contributed by atoms with Gasteiger partial charge < -0.3 is 15.2 Å². The van der Waals surface area contributed by atoms with Crippen molar-refractivity contribution in [1.29, 1.82) is 0 Å². The number of carbonyl (C=O) groups excluding carboxylic acids is 1. The zero-order chi connectivity index (χ0) is 17.5. The number of pyridine rings is 1. The van der Waals surface area contributed by atoms with Crippen LogP contribution in [0.5, 0.6) is 0 Å². The Morgan fingerprint density at radius 1 is 1.25 bits per heavy atom. The van der Waals surface area contributed by atoms with Crippen molar-refractivity contribution >= 4 is 6.03 Å². The molecule has 0 aliphatic carbocycles. The van der Waals surface area contributed by atoms with E-state index in [0.29, 0.717) is 6.54 Å². The van der Waals surface area contributed by atoms with Crippen molar-refractivity contribution in [2.24, 2.45) is 5.92 Å². The van der Waals surface area contributed by atoms with Gasteiger partial charge in [0.25, 0.3) is 0 Å². The van der Waals surface area contributed by atoms with E-state index >= 15 is 0 Å². The minimum atomic E-state index is -0.218. The van der Waals surface area contributed by atoms with E-state index in [1.54, 1.807) is 6.20 Å². The SMILES string of the molecule is CCc1noc(CC)c1CNC(=O)NC(c1ccccn1)C(C)C. The molecule has 0 saturated heterocycles. The van der Waals surface area contributed by atoms with Crippen molar-refractivity contribution in [2.75, 3.05) is 0 Å². The smallest absolute Gasteiger partial charge is 0.315 e. The molecule has 6 nitrogen and oxygen atoms in total. The summed E-state index contributed by atoms with van der Waals surface area (Å²) in [5, 5.41) is 9.98. The van der Waals surface area contributed by atoms with E-state index in [0.717, 1.165) is 35.6 Å². The highest BCUT2D eigenvalue weighted by Gasteiger charge is 2.20. The number of hydrogen-bond donors (Lipinski definition) is 2. The van der Waals surface area contributed by atoms with E-state index in [1.807, 2.05) is 32.0 Å². The largest absolute Gasteiger partial charge is 0.361 e. The minimum Gasteiger partial charge on any atom is -0.361 e. The molecule has 2 heterocycles. The number of aryl methyl sites for hydroxylation is 2. The summed E-state index contributed by atoms with van der Waals surface area (Å²) >= 11 is 0. The molecule has 0 aromatic carbocycles. The van der Waals surface area contributed by atoms with Crippen molar-refractivity contribution in [1.82, 2.24) is 20.8 Å². The highest BCUT2D eigenvalue weighted by atomic mass is 16.5. The summed E-state index contributed by atoms with van der Waals surface area (Å²) in [6, 6.07) is 5.37. The van der Waals surface area contributed by atoms with Crippen molar-refractivity contribution in [3.05, 3.63) is 47.1 Å². The van der Waals surface area contributed by atoms with Crippen molar-refractivity contribution in [2.45, 2.75) is 53.1 Å². The van der Waals surface area contributed by atoms with E-state index in [-0.39, 0.29) is 18.0 Å². The van der Waals surface area contributed by atoms with Crippen LogP contribution in [0.2, 0.25) is 0 Å². The molecule has 130 valence electrons. The van der Waals surface area contributed by atoms with Gasteiger partial charge in [-0.25, -0.2) is 4.79 Å². The lowest BCUT2D eigenvalue weighted by molar-refractivity contribution is 0.232. The highest BCUT2D eigenvalue weighted by Crippen LogP contribution is 2.19. The first-order valence-corrected chi connectivity index (χ1v) is 8.48. The van der Waals surface area contributed by atoms with Gasteiger partial charge in [0.15, 0.2) is 0 Å². The van der Waals surface area contributed by atoms with Gasteiger partial charge in [0.2, 0.25) is 0 Å². The Labute approximate surface area is 143 Å². The molecule has 2 N–H and O–H groups in total. The maximum absolute atomic E-state index is 12.3. The molecule has 2 aromatic rings. The zero-order valence-electron chi connectivity index (χ0n) is 14.8. The third-order valence-corrected chi connectivity index (χ3v) is 3.99. The Hall–Kier alpha value is -2.37. The normalized spacial score (nSPS) is 12.2. The Kier molecular flexibility index (Phi) is 6.35. The Morgan fingerprint density at radius 2 is 2.04 bits per heavy atom. The number of amides is 2. The Bertz CT molecular complexity index is 631. The third kappa shape index (κ3) is 4.34. The number of nitrogens with one attached hydrogen (secondary N) is 2. The second-order valence-electron chi connectivity index (χ2n) is 6.04. The lowest BCUT2D eigenvalue weighted by Gasteiger charge is -2.22. The van der Waals surface area contributed by atoms with Crippen LogP contribution in [0, 0.1) is 5.92 Å². The monoisotopic (exact) mass is 330 g/mol. The zero-order valence-corrected chi connectivity index (χ0v) is 14.8. The fourth-order valence-corrected chi connectivity index (χ4v) is 2.64. The molecule has 0 aliphatic heterocycles. The molecule has 0 radical (unpaired) electrons. The van der Waals surface area contributed by atoms with Crippen LogP contribution < -0.4 is 10.6 Å². The highest BCUT2D eigenvalue weighted by molar-refractivity contribution is 5.74. The van der Waals surface area contributed by atoms with Crippen LogP contribution in [-0.2, 0) is 19.4 Å². The number of carbonyl (C=O) groups is 1. The molecule has 6 heteroatoms. The van der Waals surface area contributed by atoms with E-state index in [1.165, 1.54) is 0 Å². The van der Waals surface area contributed by atoms with Crippen LogP contribution in [-0.4, -0.2) is 16.2 Å². The van der Waals surface area contributed by atoms with Crippen molar-refractivity contribution < 1.29 is 9.32 Å². The Balaban J connectivity index is 2.01. The van der Waals surface area contributed by atoms with Crippen LogP contribution in [0.25, 0.3) is 0 Å². The molecule has 1 atom stereocenters. The molecule has 1 unspecified atom stereocenters. The van der Waals surface area contributed by atoms with Crippen LogP contribution in [0.15, 0.2) is 28.9 Å². The number of urea groups is 1. The number of hydrogen-bond acceptors (Lipinski definition) is 4. The van der Waals surface area contributed by atoms with Gasteiger partial charge in [-0.05, 0) is 24.5 Å². The average molecular weight is 330 g/mol. The summed E-state index contributed by atoms with van der Waals surface area (Å²) in [6.45, 7) is 8.57. The van der Waals surface area contributed by atoms with Crippen molar-refractivity contribution in [3.63, 3.8) is 0 Å². The van der Waals surface area contributed by atoms with Gasteiger partial charge in [0, 0.05) is 24.7 Å². The van der Waals surface area contributed by atoms with Gasteiger partial charge in [-0.2, -0.15) is 0 Å². The number of aromatic nitrogens is 2. The molecule has 2 aromatic heterocycles. The standard InChI is InChI=1S/C18H26N4O2/c1-5-14-13(16(6-2)24-22-14)11-20-18(23)21-17(12(3)4)15-9-7-8-10-19-15/h7-10,12,17H,5-6,11H2,1-4H3,(H2,20,21,23). The predicted octanol–water partition coefficient (Wildman–Crippen LogP) is 3.39. The number of nitrogens with zero attached hydrogens (tertiary/aromatic N) is 2. The lowest BCUT2D eigenvalue weighted by Crippen LogP contribution is -2.39. The summed E-state index contributed by atoms with van der Waals surface area (Å²) in [5.74, 6) is 1.07. The molecule has 0 bridgehead atoms. The quantitative estimate of drug-likeness (QED) is 0.815. The molecule has 2 amide bonds. The fraction of sp³-hybridized carbons (Fsp3) is 0.500. The molecular weight excluding hydrogens is 304 g/mol. The molecule has 0 fully saturated rings.